The first-order valence-corrected chi connectivity index (χ1v) is 8.66. The molecule has 0 fully saturated rings. The van der Waals surface area contributed by atoms with Gasteiger partial charge in [-0.15, -0.1) is 0 Å². The average molecular weight is 373 g/mol. The fourth-order valence-corrected chi connectivity index (χ4v) is 2.71. The SMILES string of the molecule is CCN(Cc1ccc2c(c1)OCCO2)C(=O)COC(=O)c1ccccc1F. The van der Waals surface area contributed by atoms with Crippen LogP contribution in [0.1, 0.15) is 22.8 Å². The van der Waals surface area contributed by atoms with E-state index in [2.05, 4.69) is 0 Å². The molecule has 0 radical (unpaired) electrons. The number of amides is 1. The van der Waals surface area contributed by atoms with Crippen molar-refractivity contribution in [2.45, 2.75) is 13.5 Å². The van der Waals surface area contributed by atoms with E-state index in [1.165, 1.54) is 24.3 Å². The van der Waals surface area contributed by atoms with Crippen LogP contribution in [-0.4, -0.2) is 43.1 Å². The second-order valence-electron chi connectivity index (χ2n) is 5.94. The van der Waals surface area contributed by atoms with Crippen molar-refractivity contribution in [3.63, 3.8) is 0 Å². The van der Waals surface area contributed by atoms with Crippen molar-refractivity contribution in [3.8, 4) is 11.5 Å². The van der Waals surface area contributed by atoms with E-state index in [0.717, 1.165) is 5.56 Å². The summed E-state index contributed by atoms with van der Waals surface area (Å²) in [6.45, 7) is 3.14. The molecule has 0 spiro atoms. The van der Waals surface area contributed by atoms with Gasteiger partial charge in [-0.1, -0.05) is 18.2 Å². The Hall–Kier alpha value is -3.09. The van der Waals surface area contributed by atoms with Gasteiger partial charge < -0.3 is 19.1 Å². The van der Waals surface area contributed by atoms with Crippen LogP contribution in [0.15, 0.2) is 42.5 Å². The molecule has 7 heteroatoms. The van der Waals surface area contributed by atoms with Gasteiger partial charge in [0, 0.05) is 13.1 Å². The van der Waals surface area contributed by atoms with Gasteiger partial charge in [0.1, 0.15) is 19.0 Å². The third-order valence-corrected chi connectivity index (χ3v) is 4.13. The van der Waals surface area contributed by atoms with E-state index in [-0.39, 0.29) is 11.5 Å². The molecule has 0 unspecified atom stereocenters. The van der Waals surface area contributed by atoms with Gasteiger partial charge in [-0.05, 0) is 36.8 Å². The molecule has 0 N–H and O–H groups in total. The highest BCUT2D eigenvalue weighted by molar-refractivity contribution is 5.91. The second-order valence-corrected chi connectivity index (χ2v) is 5.94. The van der Waals surface area contributed by atoms with E-state index in [1.54, 1.807) is 11.0 Å². The first-order chi connectivity index (χ1) is 13.1. The van der Waals surface area contributed by atoms with Gasteiger partial charge in [0.15, 0.2) is 18.1 Å². The molecule has 6 nitrogen and oxygen atoms in total. The Morgan fingerprint density at radius 3 is 2.59 bits per heavy atom. The first-order valence-electron chi connectivity index (χ1n) is 8.66. The van der Waals surface area contributed by atoms with Crippen molar-refractivity contribution in [1.29, 1.82) is 0 Å². The lowest BCUT2D eigenvalue weighted by atomic mass is 10.1. The number of hydrogen-bond donors (Lipinski definition) is 0. The summed E-state index contributed by atoms with van der Waals surface area (Å²) in [6.07, 6.45) is 0. The van der Waals surface area contributed by atoms with Crippen LogP contribution in [0.3, 0.4) is 0 Å². The summed E-state index contributed by atoms with van der Waals surface area (Å²) in [6, 6.07) is 11.0. The monoisotopic (exact) mass is 373 g/mol. The minimum absolute atomic E-state index is 0.194. The number of ether oxygens (including phenoxy) is 3. The zero-order valence-electron chi connectivity index (χ0n) is 14.9. The van der Waals surface area contributed by atoms with Crippen LogP contribution in [0.5, 0.6) is 11.5 Å². The molecule has 27 heavy (non-hydrogen) atoms. The Bertz CT molecular complexity index is 839. The largest absolute Gasteiger partial charge is 0.486 e. The maximum atomic E-state index is 13.6. The summed E-state index contributed by atoms with van der Waals surface area (Å²) in [7, 11) is 0. The number of hydrogen-bond acceptors (Lipinski definition) is 5. The number of halogens is 1. The topological polar surface area (TPSA) is 65.1 Å². The van der Waals surface area contributed by atoms with E-state index in [1.807, 2.05) is 19.1 Å². The van der Waals surface area contributed by atoms with Crippen molar-refractivity contribution in [2.75, 3.05) is 26.4 Å². The molecule has 1 aliphatic heterocycles. The number of benzene rings is 2. The van der Waals surface area contributed by atoms with Crippen LogP contribution >= 0.6 is 0 Å². The molecule has 0 saturated carbocycles. The number of nitrogens with zero attached hydrogens (tertiary/aromatic N) is 1. The molecule has 0 aromatic heterocycles. The molecule has 1 heterocycles. The Morgan fingerprint density at radius 1 is 1.11 bits per heavy atom. The van der Waals surface area contributed by atoms with Crippen molar-refractivity contribution < 1.29 is 28.2 Å². The lowest BCUT2D eigenvalue weighted by Crippen LogP contribution is -2.34. The van der Waals surface area contributed by atoms with Crippen LogP contribution in [0.25, 0.3) is 0 Å². The highest BCUT2D eigenvalue weighted by atomic mass is 19.1. The van der Waals surface area contributed by atoms with E-state index < -0.39 is 18.4 Å². The van der Waals surface area contributed by atoms with E-state index >= 15 is 0 Å². The van der Waals surface area contributed by atoms with Gasteiger partial charge in [0.2, 0.25) is 0 Å². The number of carbonyl (C=O) groups is 2. The molecular weight excluding hydrogens is 353 g/mol. The molecule has 3 rings (SSSR count). The fourth-order valence-electron chi connectivity index (χ4n) is 2.71. The standard InChI is InChI=1S/C20H20FNO5/c1-2-22(12-14-7-8-17-18(11-14)26-10-9-25-17)19(23)13-27-20(24)15-5-3-4-6-16(15)21/h3-8,11H,2,9-10,12-13H2,1H3. The first kappa shape index (κ1) is 18.7. The molecule has 142 valence electrons. The van der Waals surface area contributed by atoms with Gasteiger partial charge in [0.05, 0.1) is 5.56 Å². The molecule has 0 saturated heterocycles. The lowest BCUT2D eigenvalue weighted by molar-refractivity contribution is -0.135. The minimum Gasteiger partial charge on any atom is -0.486 e. The highest BCUT2D eigenvalue weighted by Crippen LogP contribution is 2.31. The quantitative estimate of drug-likeness (QED) is 0.729. The Morgan fingerprint density at radius 2 is 1.85 bits per heavy atom. The van der Waals surface area contributed by atoms with Crippen LogP contribution < -0.4 is 9.47 Å². The lowest BCUT2D eigenvalue weighted by Gasteiger charge is -2.23. The molecule has 1 amide bonds. The van der Waals surface area contributed by atoms with Crippen molar-refractivity contribution in [3.05, 3.63) is 59.4 Å². The zero-order valence-corrected chi connectivity index (χ0v) is 14.9. The van der Waals surface area contributed by atoms with E-state index in [4.69, 9.17) is 14.2 Å². The van der Waals surface area contributed by atoms with Crippen LogP contribution in [-0.2, 0) is 16.1 Å². The maximum absolute atomic E-state index is 13.6. The van der Waals surface area contributed by atoms with Gasteiger partial charge in [-0.3, -0.25) is 4.79 Å². The number of esters is 1. The predicted octanol–water partition coefficient (Wildman–Crippen LogP) is 2.80. The number of rotatable bonds is 6. The normalized spacial score (nSPS) is 12.4. The Balaban J connectivity index is 1.59. The van der Waals surface area contributed by atoms with Gasteiger partial charge in [-0.25, -0.2) is 9.18 Å². The Kier molecular flexibility index (Phi) is 5.90. The van der Waals surface area contributed by atoms with Crippen molar-refractivity contribution in [1.82, 2.24) is 4.90 Å². The maximum Gasteiger partial charge on any atom is 0.341 e. The molecule has 0 aliphatic carbocycles. The van der Waals surface area contributed by atoms with E-state index in [9.17, 15) is 14.0 Å². The Labute approximate surface area is 156 Å². The van der Waals surface area contributed by atoms with Crippen LogP contribution in [0.4, 0.5) is 4.39 Å². The average Bonchev–Trinajstić information content (AvgIpc) is 2.70. The summed E-state index contributed by atoms with van der Waals surface area (Å²) < 4.78 is 29.6. The second kappa shape index (κ2) is 8.53. The smallest absolute Gasteiger partial charge is 0.341 e. The van der Waals surface area contributed by atoms with Gasteiger partial charge in [0.25, 0.3) is 5.91 Å². The summed E-state index contributed by atoms with van der Waals surface area (Å²) in [5.74, 6) is -0.584. The van der Waals surface area contributed by atoms with E-state index in [0.29, 0.717) is 37.8 Å². The van der Waals surface area contributed by atoms with Crippen LogP contribution in [0, 0.1) is 5.82 Å². The fraction of sp³-hybridized carbons (Fsp3) is 0.300. The van der Waals surface area contributed by atoms with Crippen molar-refractivity contribution >= 4 is 11.9 Å². The summed E-state index contributed by atoms with van der Waals surface area (Å²) in [5, 5.41) is 0. The number of fused-ring (bicyclic) bond motifs is 1. The number of carbonyl (C=O) groups excluding carboxylic acids is 2. The molecule has 2 aromatic rings. The minimum atomic E-state index is -0.864. The number of likely N-dealkylation sites (N-methyl/N-ethyl adjacent to an activating group) is 1. The van der Waals surface area contributed by atoms with Gasteiger partial charge >= 0.3 is 5.97 Å². The molecule has 0 atom stereocenters. The van der Waals surface area contributed by atoms with Crippen molar-refractivity contribution in [2.24, 2.45) is 0 Å². The van der Waals surface area contributed by atoms with Gasteiger partial charge in [-0.2, -0.15) is 0 Å². The molecule has 2 aromatic carbocycles. The summed E-state index contributed by atoms with van der Waals surface area (Å²) in [5.41, 5.74) is 0.676. The van der Waals surface area contributed by atoms with Crippen LogP contribution in [0.2, 0.25) is 0 Å². The zero-order chi connectivity index (χ0) is 19.2. The summed E-state index contributed by atoms with van der Waals surface area (Å²) >= 11 is 0. The molecule has 1 aliphatic rings. The molecular formula is C20H20FNO5. The third-order valence-electron chi connectivity index (χ3n) is 4.13. The summed E-state index contributed by atoms with van der Waals surface area (Å²) in [4.78, 5) is 25.9. The molecule has 0 bridgehead atoms. The third kappa shape index (κ3) is 4.55. The predicted molar refractivity (Wildman–Crippen MR) is 95.2 cm³/mol. The highest BCUT2D eigenvalue weighted by Gasteiger charge is 2.19.